The molecule has 0 aliphatic heterocycles. The molecule has 0 N–H and O–H groups in total. The van der Waals surface area contributed by atoms with Crippen molar-refractivity contribution < 1.29 is 18.1 Å². The quantitative estimate of drug-likeness (QED) is 0.133. The highest BCUT2D eigenvalue weighted by molar-refractivity contribution is 6.70. The second-order valence-electron chi connectivity index (χ2n) is 18.6. The molecule has 5 nitrogen and oxygen atoms in total. The molecule has 0 aromatic heterocycles. The normalized spacial score (nSPS) is 37.5. The Hall–Kier alpha value is -0.779. The molecule has 4 aliphatic carbocycles. The molecule has 0 saturated heterocycles. The maximum atomic E-state index is 7.34. The van der Waals surface area contributed by atoms with Gasteiger partial charge < -0.3 is 18.1 Å². The lowest BCUT2D eigenvalue weighted by Gasteiger charge is -2.64. The van der Waals surface area contributed by atoms with E-state index in [2.05, 4.69) is 103 Å². The summed E-state index contributed by atoms with van der Waals surface area (Å²) in [6.45, 7) is 27.4. The van der Waals surface area contributed by atoms with Gasteiger partial charge in [-0.3, -0.25) is 0 Å². The van der Waals surface area contributed by atoms with E-state index in [4.69, 9.17) is 23.3 Å². The van der Waals surface area contributed by atoms with Crippen LogP contribution in [0.5, 0.6) is 0 Å². The van der Waals surface area contributed by atoms with Crippen molar-refractivity contribution in [3.8, 4) is 0 Å². The van der Waals surface area contributed by atoms with E-state index >= 15 is 0 Å². The summed E-state index contributed by atoms with van der Waals surface area (Å²) >= 11 is 0. The van der Waals surface area contributed by atoms with Gasteiger partial charge in [0.2, 0.25) is 0 Å². The van der Waals surface area contributed by atoms with Gasteiger partial charge >= 0.3 is 0 Å². The van der Waals surface area contributed by atoms with E-state index in [0.29, 0.717) is 48.6 Å². The van der Waals surface area contributed by atoms with Crippen molar-refractivity contribution in [1.29, 1.82) is 0 Å². The number of oxime groups is 1. The van der Waals surface area contributed by atoms with Crippen molar-refractivity contribution in [2.24, 2.45) is 45.6 Å². The standard InChI is InChI=1S/C37H65NO4Si3/c1-36-22-21-29(41-44(6,7)8)23-28(36)17-18-30-31-19-20-32(37(31,2)24-34(35(30)36)42-45(9,10)11)33(26-40-43(3,4)5)38-39-25-27-15-13-12-14-16-27/h12-16,28-32,34-35H,17-26H2,1-11H3/b38-33-/t28-,29+,30-,31-,32+,34-,35+,36-,37-/m0/s1. The number of hydrogen-bond acceptors (Lipinski definition) is 5. The lowest BCUT2D eigenvalue weighted by molar-refractivity contribution is -0.168. The third-order valence-corrected chi connectivity index (χ3v) is 14.9. The van der Waals surface area contributed by atoms with Crippen molar-refractivity contribution in [2.75, 3.05) is 6.61 Å². The van der Waals surface area contributed by atoms with E-state index in [1.54, 1.807) is 0 Å². The summed E-state index contributed by atoms with van der Waals surface area (Å²) in [5.41, 5.74) is 2.77. The van der Waals surface area contributed by atoms with Crippen molar-refractivity contribution in [3.05, 3.63) is 35.9 Å². The Labute approximate surface area is 279 Å². The number of hydrogen-bond donors (Lipinski definition) is 0. The summed E-state index contributed by atoms with van der Waals surface area (Å²) < 4.78 is 20.6. The fourth-order valence-corrected chi connectivity index (χ4v) is 13.2. The predicted molar refractivity (Wildman–Crippen MR) is 195 cm³/mol. The Morgan fingerprint density at radius 1 is 0.800 bits per heavy atom. The van der Waals surface area contributed by atoms with Crippen LogP contribution in [0.4, 0.5) is 0 Å². The zero-order valence-corrected chi connectivity index (χ0v) is 33.6. The van der Waals surface area contributed by atoms with Gasteiger partial charge in [0.05, 0.1) is 12.3 Å². The Morgan fingerprint density at radius 3 is 2.13 bits per heavy atom. The van der Waals surface area contributed by atoms with Crippen molar-refractivity contribution in [1.82, 2.24) is 0 Å². The Bertz CT molecular complexity index is 1170. The van der Waals surface area contributed by atoms with Gasteiger partial charge in [0.15, 0.2) is 25.0 Å². The molecule has 4 fully saturated rings. The van der Waals surface area contributed by atoms with E-state index in [1.807, 2.05) is 0 Å². The lowest BCUT2D eigenvalue weighted by atomic mass is 9.44. The lowest BCUT2D eigenvalue weighted by Crippen LogP contribution is -2.61. The first kappa shape index (κ1) is 35.5. The molecule has 1 aromatic carbocycles. The molecule has 4 aliphatic rings. The van der Waals surface area contributed by atoms with Crippen LogP contribution in [-0.4, -0.2) is 49.5 Å². The van der Waals surface area contributed by atoms with Gasteiger partial charge in [0.1, 0.15) is 6.61 Å². The summed E-state index contributed by atoms with van der Waals surface area (Å²) in [4.78, 5) is 6.12. The Morgan fingerprint density at radius 2 is 1.49 bits per heavy atom. The molecule has 0 spiro atoms. The van der Waals surface area contributed by atoms with Gasteiger partial charge in [-0.2, -0.15) is 0 Å². The van der Waals surface area contributed by atoms with E-state index in [-0.39, 0.29) is 5.41 Å². The summed E-state index contributed by atoms with van der Waals surface area (Å²) in [6, 6.07) is 10.4. The fraction of sp³-hybridized carbons (Fsp3) is 0.811. The molecule has 0 bridgehead atoms. The topological polar surface area (TPSA) is 49.3 Å². The Kier molecular flexibility index (Phi) is 10.5. The summed E-state index contributed by atoms with van der Waals surface area (Å²) in [5.74, 6) is 3.18. The average molecular weight is 672 g/mol. The van der Waals surface area contributed by atoms with E-state index in [1.165, 1.54) is 44.9 Å². The number of rotatable bonds is 11. The van der Waals surface area contributed by atoms with Crippen LogP contribution in [0, 0.1) is 40.4 Å². The first-order valence-corrected chi connectivity index (χ1v) is 28.3. The van der Waals surface area contributed by atoms with Crippen molar-refractivity contribution in [3.63, 3.8) is 0 Å². The van der Waals surface area contributed by atoms with Crippen LogP contribution in [0.3, 0.4) is 0 Å². The molecule has 0 heterocycles. The molecular weight excluding hydrogens is 607 g/mol. The number of nitrogens with zero attached hydrogens (tertiary/aromatic N) is 1. The zero-order valence-electron chi connectivity index (χ0n) is 30.6. The summed E-state index contributed by atoms with van der Waals surface area (Å²) in [6.07, 6.45) is 10.8. The third-order valence-electron chi connectivity index (χ3n) is 11.9. The first-order valence-electron chi connectivity index (χ1n) is 18.1. The zero-order chi connectivity index (χ0) is 32.8. The van der Waals surface area contributed by atoms with Gasteiger partial charge in [0, 0.05) is 18.1 Å². The maximum absolute atomic E-state index is 7.34. The van der Waals surface area contributed by atoms with Gasteiger partial charge in [-0.05, 0) is 150 Å². The van der Waals surface area contributed by atoms with Crippen LogP contribution in [-0.2, 0) is 24.7 Å². The summed E-state index contributed by atoms with van der Waals surface area (Å²) in [5, 5.41) is 4.93. The fourth-order valence-electron chi connectivity index (χ4n) is 10.3. The first-order chi connectivity index (χ1) is 20.9. The van der Waals surface area contributed by atoms with E-state index < -0.39 is 25.0 Å². The Balaban J connectivity index is 1.43. The molecule has 0 amide bonds. The van der Waals surface area contributed by atoms with Crippen LogP contribution >= 0.6 is 0 Å². The molecular formula is C37H65NO4Si3. The van der Waals surface area contributed by atoms with Crippen LogP contribution < -0.4 is 0 Å². The molecule has 254 valence electrons. The molecule has 4 saturated carbocycles. The molecule has 8 heteroatoms. The highest BCUT2D eigenvalue weighted by atomic mass is 28.4. The predicted octanol–water partition coefficient (Wildman–Crippen LogP) is 10.1. The smallest absolute Gasteiger partial charge is 0.184 e. The number of fused-ring (bicyclic) bond motifs is 5. The van der Waals surface area contributed by atoms with Gasteiger partial charge in [0.25, 0.3) is 0 Å². The molecule has 5 rings (SSSR count). The van der Waals surface area contributed by atoms with Gasteiger partial charge in [-0.1, -0.05) is 49.3 Å². The SMILES string of the molecule is C[C@]12CC[C@@H](O[Si](C)(C)C)C[C@@H]1CC[C@@H]1[C@@H]2[C@@H](O[Si](C)(C)C)C[C@]2(C)[C@@H](/C(CO[Si](C)(C)C)=N\OCc3ccccc3)CC[C@@H]12. The van der Waals surface area contributed by atoms with Crippen molar-refractivity contribution >= 4 is 30.7 Å². The van der Waals surface area contributed by atoms with E-state index in [0.717, 1.165) is 29.5 Å². The minimum atomic E-state index is -1.77. The highest BCUT2D eigenvalue weighted by Crippen LogP contribution is 2.68. The average Bonchev–Trinajstić information content (AvgIpc) is 3.25. The van der Waals surface area contributed by atoms with Crippen LogP contribution in [0.2, 0.25) is 58.9 Å². The molecule has 1 aromatic rings. The summed E-state index contributed by atoms with van der Waals surface area (Å²) in [7, 11) is -5.05. The van der Waals surface area contributed by atoms with Gasteiger partial charge in [-0.15, -0.1) is 0 Å². The third kappa shape index (κ3) is 8.27. The van der Waals surface area contributed by atoms with Crippen LogP contribution in [0.25, 0.3) is 0 Å². The molecule has 9 atom stereocenters. The van der Waals surface area contributed by atoms with Crippen LogP contribution in [0.1, 0.15) is 70.8 Å². The monoisotopic (exact) mass is 671 g/mol. The largest absolute Gasteiger partial charge is 0.415 e. The minimum absolute atomic E-state index is 0.143. The second-order valence-corrected chi connectivity index (χ2v) is 32.0. The highest BCUT2D eigenvalue weighted by Gasteiger charge is 2.64. The second kappa shape index (κ2) is 13.3. The van der Waals surface area contributed by atoms with Crippen molar-refractivity contribution in [2.45, 2.75) is 143 Å². The minimum Gasteiger partial charge on any atom is -0.415 e. The van der Waals surface area contributed by atoms with E-state index in [9.17, 15) is 0 Å². The maximum Gasteiger partial charge on any atom is 0.184 e. The molecule has 0 radical (unpaired) electrons. The number of benzene rings is 1. The molecule has 45 heavy (non-hydrogen) atoms. The van der Waals surface area contributed by atoms with Gasteiger partial charge in [-0.25, -0.2) is 0 Å². The molecule has 0 unspecified atom stereocenters. The van der Waals surface area contributed by atoms with Crippen LogP contribution in [0.15, 0.2) is 35.5 Å².